The molecule has 0 saturated heterocycles. The maximum Gasteiger partial charge on any atom is 0.311 e. The lowest BCUT2D eigenvalue weighted by atomic mass is 10.0. The molecule has 0 saturated carbocycles. The number of carbonyl (C=O) groups excluding carboxylic acids is 1. The monoisotopic (exact) mass is 424 g/mol. The molecule has 5 nitrogen and oxygen atoms in total. The first-order chi connectivity index (χ1) is 15.2. The zero-order valence-electron chi connectivity index (χ0n) is 18.9. The molecule has 0 spiro atoms. The summed E-state index contributed by atoms with van der Waals surface area (Å²) in [5.41, 5.74) is 2.27. The Morgan fingerprint density at radius 2 is 1.71 bits per heavy atom. The van der Waals surface area contributed by atoms with E-state index in [1.54, 1.807) is 12.4 Å². The third kappa shape index (κ3) is 10.4. The summed E-state index contributed by atoms with van der Waals surface area (Å²) >= 11 is 0. The highest BCUT2D eigenvalue weighted by molar-refractivity contribution is 5.72. The quantitative estimate of drug-likeness (QED) is 0.179. The third-order valence-corrected chi connectivity index (χ3v) is 4.96. The Hall–Kier alpha value is -2.53. The summed E-state index contributed by atoms with van der Waals surface area (Å²) < 4.78 is 10.8. The highest BCUT2D eigenvalue weighted by Crippen LogP contribution is 2.19. The summed E-state index contributed by atoms with van der Waals surface area (Å²) in [4.78, 5) is 20.6. The minimum Gasteiger partial charge on any atom is -0.423 e. The molecule has 5 heteroatoms. The van der Waals surface area contributed by atoms with E-state index in [4.69, 9.17) is 9.47 Å². The number of hydrogen-bond donors (Lipinski definition) is 0. The topological polar surface area (TPSA) is 61.3 Å². The first kappa shape index (κ1) is 24.7. The Kier molecular flexibility index (Phi) is 12.2. The van der Waals surface area contributed by atoms with Crippen molar-refractivity contribution in [3.63, 3.8) is 0 Å². The largest absolute Gasteiger partial charge is 0.423 e. The Morgan fingerprint density at radius 3 is 2.42 bits per heavy atom. The molecule has 1 aromatic carbocycles. The normalized spacial score (nSPS) is 10.7. The molecule has 0 unspecified atom stereocenters. The van der Waals surface area contributed by atoms with Crippen LogP contribution in [-0.4, -0.2) is 29.2 Å². The van der Waals surface area contributed by atoms with E-state index in [0.717, 1.165) is 63.7 Å². The van der Waals surface area contributed by atoms with Crippen molar-refractivity contribution in [1.29, 1.82) is 0 Å². The maximum absolute atomic E-state index is 11.9. The average molecular weight is 425 g/mol. The van der Waals surface area contributed by atoms with Crippen LogP contribution in [0.3, 0.4) is 0 Å². The fourth-order valence-corrected chi connectivity index (χ4v) is 3.21. The fourth-order valence-electron chi connectivity index (χ4n) is 3.21. The molecule has 1 aromatic heterocycles. The van der Waals surface area contributed by atoms with Gasteiger partial charge in [0.05, 0.1) is 12.4 Å². The molecule has 0 radical (unpaired) electrons. The van der Waals surface area contributed by atoms with Crippen LogP contribution in [0.5, 0.6) is 5.75 Å². The number of hydrogen-bond acceptors (Lipinski definition) is 5. The van der Waals surface area contributed by atoms with Crippen molar-refractivity contribution < 1.29 is 14.3 Å². The van der Waals surface area contributed by atoms with Gasteiger partial charge in [0, 0.05) is 25.2 Å². The van der Waals surface area contributed by atoms with E-state index in [2.05, 4.69) is 35.6 Å². The van der Waals surface area contributed by atoms with Crippen molar-refractivity contribution >= 4 is 5.97 Å². The van der Waals surface area contributed by atoms with Crippen LogP contribution in [0.1, 0.15) is 70.3 Å². The number of carbonyl (C=O) groups is 1. The molecule has 31 heavy (non-hydrogen) atoms. The summed E-state index contributed by atoms with van der Waals surface area (Å²) in [6.07, 6.45) is 14.9. The zero-order valence-corrected chi connectivity index (χ0v) is 18.9. The molecule has 0 bridgehead atoms. The SMILES string of the molecule is C=CCCCCCC(=O)Oc1cnc(-c2ccc(CCCCCOCCC)cc2)nc1. The summed E-state index contributed by atoms with van der Waals surface area (Å²) in [5, 5.41) is 0. The predicted octanol–water partition coefficient (Wildman–Crippen LogP) is 6.32. The summed E-state index contributed by atoms with van der Waals surface area (Å²) in [6, 6.07) is 8.35. The van der Waals surface area contributed by atoms with Gasteiger partial charge in [-0.1, -0.05) is 50.1 Å². The van der Waals surface area contributed by atoms with Crippen molar-refractivity contribution in [3.05, 3.63) is 54.9 Å². The predicted molar refractivity (Wildman–Crippen MR) is 125 cm³/mol. The standard InChI is InChI=1S/C26H36N2O3/c1-3-5-6-7-10-13-25(29)31-24-20-27-26(28-21-24)23-16-14-22(15-17-23)12-9-8-11-19-30-18-4-2/h3,14-17,20-21H,1,4-13,18-19H2,2H3. The van der Waals surface area contributed by atoms with Gasteiger partial charge in [0.25, 0.3) is 0 Å². The molecule has 0 aliphatic heterocycles. The van der Waals surface area contributed by atoms with E-state index in [9.17, 15) is 4.79 Å². The molecule has 2 aromatic rings. The molecule has 0 fully saturated rings. The van der Waals surface area contributed by atoms with Gasteiger partial charge < -0.3 is 9.47 Å². The number of allylic oxidation sites excluding steroid dienone is 1. The first-order valence-electron chi connectivity index (χ1n) is 11.5. The molecule has 0 amide bonds. The van der Waals surface area contributed by atoms with Gasteiger partial charge in [0.2, 0.25) is 0 Å². The van der Waals surface area contributed by atoms with Crippen LogP contribution in [0.2, 0.25) is 0 Å². The average Bonchev–Trinajstić information content (AvgIpc) is 2.79. The van der Waals surface area contributed by atoms with Gasteiger partial charge in [0.15, 0.2) is 11.6 Å². The minimum atomic E-state index is -0.240. The lowest BCUT2D eigenvalue weighted by Crippen LogP contribution is -2.08. The van der Waals surface area contributed by atoms with Gasteiger partial charge in [-0.2, -0.15) is 0 Å². The van der Waals surface area contributed by atoms with E-state index in [1.165, 1.54) is 18.4 Å². The van der Waals surface area contributed by atoms with Gasteiger partial charge in [-0.25, -0.2) is 9.97 Å². The second kappa shape index (κ2) is 15.3. The fraction of sp³-hybridized carbons (Fsp3) is 0.500. The van der Waals surface area contributed by atoms with Crippen molar-refractivity contribution in [3.8, 4) is 17.1 Å². The molecule has 0 atom stereocenters. The smallest absolute Gasteiger partial charge is 0.311 e. The summed E-state index contributed by atoms with van der Waals surface area (Å²) in [6.45, 7) is 7.56. The molecule has 168 valence electrons. The van der Waals surface area contributed by atoms with Gasteiger partial charge in [-0.15, -0.1) is 6.58 Å². The van der Waals surface area contributed by atoms with Gasteiger partial charge >= 0.3 is 5.97 Å². The van der Waals surface area contributed by atoms with Gasteiger partial charge in [-0.05, 0) is 50.5 Å². The number of esters is 1. The number of aryl methyl sites for hydroxylation is 1. The second-order valence-corrected chi connectivity index (χ2v) is 7.72. The number of aromatic nitrogens is 2. The molecule has 2 rings (SSSR count). The summed E-state index contributed by atoms with van der Waals surface area (Å²) in [5.74, 6) is 0.777. The maximum atomic E-state index is 11.9. The Balaban J connectivity index is 1.72. The highest BCUT2D eigenvalue weighted by atomic mass is 16.5. The van der Waals surface area contributed by atoms with Crippen LogP contribution in [-0.2, 0) is 16.0 Å². The van der Waals surface area contributed by atoms with E-state index in [-0.39, 0.29) is 5.97 Å². The lowest BCUT2D eigenvalue weighted by molar-refractivity contribution is -0.134. The first-order valence-corrected chi connectivity index (χ1v) is 11.5. The Labute approximate surface area is 186 Å². The highest BCUT2D eigenvalue weighted by Gasteiger charge is 2.07. The second-order valence-electron chi connectivity index (χ2n) is 7.72. The van der Waals surface area contributed by atoms with Crippen molar-refractivity contribution in [1.82, 2.24) is 9.97 Å². The molecule has 0 aliphatic carbocycles. The lowest BCUT2D eigenvalue weighted by Gasteiger charge is -2.06. The molecule has 0 aliphatic rings. The van der Waals surface area contributed by atoms with Crippen molar-refractivity contribution in [2.45, 2.75) is 71.1 Å². The van der Waals surface area contributed by atoms with E-state index < -0.39 is 0 Å². The summed E-state index contributed by atoms with van der Waals surface area (Å²) in [7, 11) is 0. The van der Waals surface area contributed by atoms with Gasteiger partial charge in [-0.3, -0.25) is 4.79 Å². The van der Waals surface area contributed by atoms with Crippen LogP contribution < -0.4 is 4.74 Å². The van der Waals surface area contributed by atoms with Crippen LogP contribution in [0.15, 0.2) is 49.3 Å². The number of rotatable bonds is 16. The van der Waals surface area contributed by atoms with Crippen LogP contribution in [0, 0.1) is 0 Å². The molecule has 1 heterocycles. The van der Waals surface area contributed by atoms with Crippen LogP contribution in [0.25, 0.3) is 11.4 Å². The van der Waals surface area contributed by atoms with Crippen molar-refractivity contribution in [2.75, 3.05) is 13.2 Å². The molecule has 0 N–H and O–H groups in total. The van der Waals surface area contributed by atoms with E-state index in [1.807, 2.05) is 18.2 Å². The Morgan fingerprint density at radius 1 is 0.968 bits per heavy atom. The number of benzene rings is 1. The number of nitrogens with zero attached hydrogens (tertiary/aromatic N) is 2. The van der Waals surface area contributed by atoms with Gasteiger partial charge in [0.1, 0.15) is 0 Å². The van der Waals surface area contributed by atoms with E-state index in [0.29, 0.717) is 18.0 Å². The number of unbranched alkanes of at least 4 members (excludes halogenated alkanes) is 5. The zero-order chi connectivity index (χ0) is 22.2. The third-order valence-electron chi connectivity index (χ3n) is 4.96. The Bertz CT molecular complexity index is 757. The van der Waals surface area contributed by atoms with E-state index >= 15 is 0 Å². The van der Waals surface area contributed by atoms with Crippen LogP contribution in [0.4, 0.5) is 0 Å². The molecular formula is C26H36N2O3. The number of ether oxygens (including phenoxy) is 2. The minimum absolute atomic E-state index is 0.240. The molecular weight excluding hydrogens is 388 g/mol. The van der Waals surface area contributed by atoms with Crippen molar-refractivity contribution in [2.24, 2.45) is 0 Å². The van der Waals surface area contributed by atoms with Crippen LogP contribution >= 0.6 is 0 Å².